The number of carbonyl (C=O) groups is 1. The summed E-state index contributed by atoms with van der Waals surface area (Å²) in [6, 6.07) is 5.79. The van der Waals surface area contributed by atoms with Crippen LogP contribution in [0.25, 0.3) is 0 Å². The molecule has 1 aliphatic rings. The third-order valence-corrected chi connectivity index (χ3v) is 3.16. The molecule has 2 atom stereocenters. The lowest BCUT2D eigenvalue weighted by Gasteiger charge is -2.35. The number of nitro groups is 1. The SMILES string of the molecule is C[C@H]1CN(C(=O)COc2cccc([N+](=O)[O-])c2)C[C@H](C)O1. The van der Waals surface area contributed by atoms with Gasteiger partial charge in [-0.15, -0.1) is 0 Å². The first-order chi connectivity index (χ1) is 9.95. The summed E-state index contributed by atoms with van der Waals surface area (Å²) in [5, 5.41) is 10.7. The number of nitrogens with zero attached hydrogens (tertiary/aromatic N) is 2. The molecule has 0 spiro atoms. The molecular formula is C14H18N2O5. The minimum Gasteiger partial charge on any atom is -0.484 e. The molecule has 1 amide bonds. The second kappa shape index (κ2) is 6.53. The van der Waals surface area contributed by atoms with E-state index in [0.717, 1.165) is 0 Å². The maximum Gasteiger partial charge on any atom is 0.273 e. The second-order valence-electron chi connectivity index (χ2n) is 5.10. The molecule has 7 nitrogen and oxygen atoms in total. The van der Waals surface area contributed by atoms with Crippen molar-refractivity contribution < 1.29 is 19.2 Å². The quantitative estimate of drug-likeness (QED) is 0.622. The van der Waals surface area contributed by atoms with Crippen LogP contribution in [0.1, 0.15) is 13.8 Å². The van der Waals surface area contributed by atoms with Crippen LogP contribution in [-0.2, 0) is 9.53 Å². The van der Waals surface area contributed by atoms with Crippen molar-refractivity contribution in [3.63, 3.8) is 0 Å². The lowest BCUT2D eigenvalue weighted by Crippen LogP contribution is -2.49. The summed E-state index contributed by atoms with van der Waals surface area (Å²) in [6.45, 7) is 4.75. The Labute approximate surface area is 122 Å². The van der Waals surface area contributed by atoms with E-state index in [1.54, 1.807) is 11.0 Å². The molecular weight excluding hydrogens is 276 g/mol. The number of benzene rings is 1. The minimum atomic E-state index is -0.500. The molecule has 7 heteroatoms. The molecule has 1 aliphatic heterocycles. The number of hydrogen-bond acceptors (Lipinski definition) is 5. The summed E-state index contributed by atoms with van der Waals surface area (Å²) >= 11 is 0. The van der Waals surface area contributed by atoms with Crippen molar-refractivity contribution in [2.45, 2.75) is 26.1 Å². The summed E-state index contributed by atoms with van der Waals surface area (Å²) in [6.07, 6.45) is -0.00831. The maximum absolute atomic E-state index is 12.1. The third kappa shape index (κ3) is 4.16. The van der Waals surface area contributed by atoms with E-state index in [0.29, 0.717) is 18.8 Å². The lowest BCUT2D eigenvalue weighted by atomic mass is 10.2. The van der Waals surface area contributed by atoms with E-state index in [2.05, 4.69) is 0 Å². The van der Waals surface area contributed by atoms with Gasteiger partial charge >= 0.3 is 0 Å². The van der Waals surface area contributed by atoms with Crippen LogP contribution in [0, 0.1) is 10.1 Å². The molecule has 0 radical (unpaired) electrons. The lowest BCUT2D eigenvalue weighted by molar-refractivity contribution is -0.384. The molecule has 0 N–H and O–H groups in total. The summed E-state index contributed by atoms with van der Waals surface area (Å²) < 4.78 is 10.9. The van der Waals surface area contributed by atoms with Gasteiger partial charge in [-0.25, -0.2) is 0 Å². The Hall–Kier alpha value is -2.15. The molecule has 0 aliphatic carbocycles. The van der Waals surface area contributed by atoms with Gasteiger partial charge in [-0.05, 0) is 19.9 Å². The fourth-order valence-corrected chi connectivity index (χ4v) is 2.30. The first kappa shape index (κ1) is 15.2. The Kier molecular flexibility index (Phi) is 4.74. The van der Waals surface area contributed by atoms with Gasteiger partial charge in [0.05, 0.1) is 23.2 Å². The van der Waals surface area contributed by atoms with Crippen LogP contribution in [0.3, 0.4) is 0 Å². The predicted octanol–water partition coefficient (Wildman–Crippen LogP) is 1.61. The molecule has 1 saturated heterocycles. The Morgan fingerprint density at radius 3 is 2.71 bits per heavy atom. The maximum atomic E-state index is 12.1. The van der Waals surface area contributed by atoms with Gasteiger partial charge in [-0.2, -0.15) is 0 Å². The molecule has 114 valence electrons. The van der Waals surface area contributed by atoms with E-state index in [4.69, 9.17) is 9.47 Å². The molecule has 1 heterocycles. The van der Waals surface area contributed by atoms with Crippen LogP contribution in [0.5, 0.6) is 5.75 Å². The zero-order valence-corrected chi connectivity index (χ0v) is 12.0. The number of morpholine rings is 1. The van der Waals surface area contributed by atoms with Gasteiger partial charge in [-0.3, -0.25) is 14.9 Å². The van der Waals surface area contributed by atoms with Crippen LogP contribution < -0.4 is 4.74 Å². The zero-order chi connectivity index (χ0) is 15.4. The molecule has 2 rings (SSSR count). The van der Waals surface area contributed by atoms with Gasteiger partial charge in [0.2, 0.25) is 0 Å². The van der Waals surface area contributed by atoms with Crippen LogP contribution in [0.2, 0.25) is 0 Å². The first-order valence-corrected chi connectivity index (χ1v) is 6.76. The average Bonchev–Trinajstić information content (AvgIpc) is 2.44. The van der Waals surface area contributed by atoms with Gasteiger partial charge in [0.25, 0.3) is 11.6 Å². The summed E-state index contributed by atoms with van der Waals surface area (Å²) in [4.78, 5) is 24.0. The normalized spacial score (nSPS) is 21.9. The van der Waals surface area contributed by atoms with Crippen molar-refractivity contribution in [2.75, 3.05) is 19.7 Å². The van der Waals surface area contributed by atoms with Crippen molar-refractivity contribution in [3.8, 4) is 5.75 Å². The number of rotatable bonds is 4. The topological polar surface area (TPSA) is 81.9 Å². The Morgan fingerprint density at radius 1 is 1.43 bits per heavy atom. The second-order valence-corrected chi connectivity index (χ2v) is 5.10. The Morgan fingerprint density at radius 2 is 2.10 bits per heavy atom. The van der Waals surface area contributed by atoms with Gasteiger partial charge in [-0.1, -0.05) is 6.07 Å². The number of amides is 1. The van der Waals surface area contributed by atoms with E-state index in [9.17, 15) is 14.9 Å². The molecule has 0 saturated carbocycles. The Bertz CT molecular complexity index is 524. The number of nitro benzene ring substituents is 1. The number of carbonyl (C=O) groups excluding carboxylic acids is 1. The van der Waals surface area contributed by atoms with Gasteiger partial charge < -0.3 is 14.4 Å². The highest BCUT2D eigenvalue weighted by molar-refractivity contribution is 5.78. The number of non-ortho nitro benzene ring substituents is 1. The van der Waals surface area contributed by atoms with E-state index >= 15 is 0 Å². The highest BCUT2D eigenvalue weighted by atomic mass is 16.6. The first-order valence-electron chi connectivity index (χ1n) is 6.76. The summed E-state index contributed by atoms with van der Waals surface area (Å²) in [5.41, 5.74) is -0.0615. The van der Waals surface area contributed by atoms with E-state index in [1.807, 2.05) is 13.8 Å². The van der Waals surface area contributed by atoms with Crippen LogP contribution in [0.4, 0.5) is 5.69 Å². The van der Waals surface area contributed by atoms with Gasteiger partial charge in [0.1, 0.15) is 5.75 Å². The summed E-state index contributed by atoms with van der Waals surface area (Å²) in [7, 11) is 0. The summed E-state index contributed by atoms with van der Waals surface area (Å²) in [5.74, 6) is 0.162. The van der Waals surface area contributed by atoms with Gasteiger partial charge in [0, 0.05) is 19.2 Å². The molecule has 0 bridgehead atoms. The molecule has 0 aromatic heterocycles. The van der Waals surface area contributed by atoms with Crippen molar-refractivity contribution in [1.29, 1.82) is 0 Å². The minimum absolute atomic E-state index is 0.00415. The molecule has 0 unspecified atom stereocenters. The zero-order valence-electron chi connectivity index (χ0n) is 12.0. The standard InChI is InChI=1S/C14H18N2O5/c1-10-7-15(8-11(2)21-10)14(17)9-20-13-5-3-4-12(6-13)16(18)19/h3-6,10-11H,7-9H2,1-2H3/t10-,11-/m0/s1. The van der Waals surface area contributed by atoms with E-state index < -0.39 is 4.92 Å². The molecule has 1 aromatic rings. The number of hydrogen-bond donors (Lipinski definition) is 0. The fourth-order valence-electron chi connectivity index (χ4n) is 2.30. The fraction of sp³-hybridized carbons (Fsp3) is 0.500. The van der Waals surface area contributed by atoms with Crippen molar-refractivity contribution >= 4 is 11.6 Å². The molecule has 21 heavy (non-hydrogen) atoms. The molecule has 1 fully saturated rings. The monoisotopic (exact) mass is 294 g/mol. The van der Waals surface area contributed by atoms with Gasteiger partial charge in [0.15, 0.2) is 6.61 Å². The van der Waals surface area contributed by atoms with E-state index in [-0.39, 0.29) is 30.4 Å². The average molecular weight is 294 g/mol. The Balaban J connectivity index is 1.92. The van der Waals surface area contributed by atoms with Crippen molar-refractivity contribution in [3.05, 3.63) is 34.4 Å². The third-order valence-electron chi connectivity index (χ3n) is 3.16. The van der Waals surface area contributed by atoms with Crippen LogP contribution in [-0.4, -0.2) is 47.6 Å². The largest absolute Gasteiger partial charge is 0.484 e. The van der Waals surface area contributed by atoms with E-state index in [1.165, 1.54) is 18.2 Å². The smallest absolute Gasteiger partial charge is 0.273 e. The van der Waals surface area contributed by atoms with Crippen LogP contribution >= 0.6 is 0 Å². The highest BCUT2D eigenvalue weighted by Crippen LogP contribution is 2.19. The highest BCUT2D eigenvalue weighted by Gasteiger charge is 2.26. The van der Waals surface area contributed by atoms with Crippen molar-refractivity contribution in [1.82, 2.24) is 4.90 Å². The van der Waals surface area contributed by atoms with Crippen molar-refractivity contribution in [2.24, 2.45) is 0 Å². The molecule has 1 aromatic carbocycles. The number of ether oxygens (including phenoxy) is 2. The predicted molar refractivity (Wildman–Crippen MR) is 75.2 cm³/mol. The van der Waals surface area contributed by atoms with Crippen LogP contribution in [0.15, 0.2) is 24.3 Å².